The second kappa shape index (κ2) is 4.42. The number of aryl methyl sites for hydroxylation is 2. The van der Waals surface area contributed by atoms with Crippen molar-refractivity contribution in [2.75, 3.05) is 17.2 Å². The summed E-state index contributed by atoms with van der Waals surface area (Å²) in [6.07, 6.45) is 3.45. The number of carbonyl (C=O) groups is 1. The molecule has 0 bridgehead atoms. The smallest absolute Gasteiger partial charge is 0.278 e. The van der Waals surface area contributed by atoms with Gasteiger partial charge in [0.2, 0.25) is 0 Å². The summed E-state index contributed by atoms with van der Waals surface area (Å²) in [5, 5.41) is 6.49. The van der Waals surface area contributed by atoms with Gasteiger partial charge in [-0.25, -0.2) is 0 Å². The van der Waals surface area contributed by atoms with Gasteiger partial charge < -0.3 is 10.6 Å². The van der Waals surface area contributed by atoms with Gasteiger partial charge in [0, 0.05) is 12.2 Å². The Labute approximate surface area is 111 Å². The Morgan fingerprint density at radius 3 is 3.05 bits per heavy atom. The standard InChI is InChI=1S/C14H16N4O/c1-9-4-5-12-10(7-9)3-2-6-18(12)14(19)13-11(15)8-16-17-13/h4-5,7-8H,2-3,6,15H2,1H3,(H,16,17). The Hall–Kier alpha value is -2.30. The van der Waals surface area contributed by atoms with Crippen molar-refractivity contribution in [1.82, 2.24) is 10.2 Å². The lowest BCUT2D eigenvalue weighted by Crippen LogP contribution is -2.36. The van der Waals surface area contributed by atoms with Gasteiger partial charge in [-0.1, -0.05) is 17.7 Å². The van der Waals surface area contributed by atoms with Crippen LogP contribution >= 0.6 is 0 Å². The van der Waals surface area contributed by atoms with Crippen molar-refractivity contribution in [3.63, 3.8) is 0 Å². The molecule has 0 saturated heterocycles. The fourth-order valence-electron chi connectivity index (χ4n) is 2.54. The molecule has 1 aliphatic rings. The van der Waals surface area contributed by atoms with E-state index in [2.05, 4.69) is 23.2 Å². The number of H-pyrrole nitrogens is 1. The number of aromatic amines is 1. The second-order valence-corrected chi connectivity index (χ2v) is 4.89. The van der Waals surface area contributed by atoms with Crippen molar-refractivity contribution in [1.29, 1.82) is 0 Å². The Bertz CT molecular complexity index is 632. The number of carbonyl (C=O) groups excluding carboxylic acids is 1. The fourth-order valence-corrected chi connectivity index (χ4v) is 2.54. The summed E-state index contributed by atoms with van der Waals surface area (Å²) < 4.78 is 0. The summed E-state index contributed by atoms with van der Waals surface area (Å²) in [5.74, 6) is -0.111. The molecule has 0 spiro atoms. The van der Waals surface area contributed by atoms with Crippen LogP contribution in [0.25, 0.3) is 0 Å². The molecule has 0 fully saturated rings. The van der Waals surface area contributed by atoms with Gasteiger partial charge in [0.05, 0.1) is 11.9 Å². The zero-order valence-corrected chi connectivity index (χ0v) is 10.8. The molecular weight excluding hydrogens is 240 g/mol. The Morgan fingerprint density at radius 1 is 1.47 bits per heavy atom. The number of aromatic nitrogens is 2. The maximum atomic E-state index is 12.5. The molecule has 98 valence electrons. The van der Waals surface area contributed by atoms with Gasteiger partial charge in [0.1, 0.15) is 5.69 Å². The van der Waals surface area contributed by atoms with Crippen molar-refractivity contribution in [2.45, 2.75) is 19.8 Å². The van der Waals surface area contributed by atoms with Crippen LogP contribution in [0.5, 0.6) is 0 Å². The van der Waals surface area contributed by atoms with Crippen LogP contribution in [-0.4, -0.2) is 22.6 Å². The van der Waals surface area contributed by atoms with Crippen LogP contribution in [0, 0.1) is 6.92 Å². The predicted molar refractivity (Wildman–Crippen MR) is 74.2 cm³/mol. The van der Waals surface area contributed by atoms with Crippen LogP contribution in [0.4, 0.5) is 11.4 Å². The first-order valence-electron chi connectivity index (χ1n) is 6.37. The van der Waals surface area contributed by atoms with Gasteiger partial charge >= 0.3 is 0 Å². The molecule has 3 rings (SSSR count). The molecule has 0 atom stereocenters. The van der Waals surface area contributed by atoms with Gasteiger partial charge in [-0.3, -0.25) is 9.89 Å². The molecule has 0 unspecified atom stereocenters. The number of nitrogens with two attached hydrogens (primary N) is 1. The van der Waals surface area contributed by atoms with E-state index < -0.39 is 0 Å². The fraction of sp³-hybridized carbons (Fsp3) is 0.286. The number of hydrogen-bond acceptors (Lipinski definition) is 3. The van der Waals surface area contributed by atoms with E-state index in [-0.39, 0.29) is 5.91 Å². The third-order valence-corrected chi connectivity index (χ3v) is 3.48. The summed E-state index contributed by atoms with van der Waals surface area (Å²) in [7, 11) is 0. The van der Waals surface area contributed by atoms with E-state index >= 15 is 0 Å². The van der Waals surface area contributed by atoms with E-state index in [0.717, 1.165) is 18.5 Å². The average Bonchev–Trinajstić information content (AvgIpc) is 2.83. The monoisotopic (exact) mass is 256 g/mol. The molecule has 1 aromatic heterocycles. The number of anilines is 2. The molecule has 0 saturated carbocycles. The average molecular weight is 256 g/mol. The molecule has 1 aliphatic heterocycles. The quantitative estimate of drug-likeness (QED) is 0.818. The number of nitrogens with one attached hydrogen (secondary N) is 1. The van der Waals surface area contributed by atoms with E-state index in [1.807, 2.05) is 12.1 Å². The van der Waals surface area contributed by atoms with Gasteiger partial charge in [0.15, 0.2) is 0 Å². The van der Waals surface area contributed by atoms with Crippen LogP contribution in [0.3, 0.4) is 0 Å². The Morgan fingerprint density at radius 2 is 2.32 bits per heavy atom. The van der Waals surface area contributed by atoms with Gasteiger partial charge in [-0.15, -0.1) is 0 Å². The zero-order chi connectivity index (χ0) is 13.4. The molecule has 2 heterocycles. The molecule has 1 amide bonds. The number of benzene rings is 1. The maximum absolute atomic E-state index is 12.5. The maximum Gasteiger partial charge on any atom is 0.278 e. The van der Waals surface area contributed by atoms with E-state index in [4.69, 9.17) is 5.73 Å². The number of nitrogen functional groups attached to an aromatic ring is 1. The molecule has 5 nitrogen and oxygen atoms in total. The van der Waals surface area contributed by atoms with Gasteiger partial charge in [-0.2, -0.15) is 5.10 Å². The van der Waals surface area contributed by atoms with Crippen LogP contribution in [-0.2, 0) is 6.42 Å². The topological polar surface area (TPSA) is 75.0 Å². The first-order chi connectivity index (χ1) is 9.16. The highest BCUT2D eigenvalue weighted by Gasteiger charge is 2.25. The lowest BCUT2D eigenvalue weighted by molar-refractivity contribution is 0.0981. The molecule has 1 aromatic carbocycles. The van der Waals surface area contributed by atoms with E-state index in [9.17, 15) is 4.79 Å². The molecular formula is C14H16N4O. The number of amides is 1. The summed E-state index contributed by atoms with van der Waals surface area (Å²) >= 11 is 0. The Kier molecular flexibility index (Phi) is 2.74. The summed E-state index contributed by atoms with van der Waals surface area (Å²) in [4.78, 5) is 14.3. The highest BCUT2D eigenvalue weighted by atomic mass is 16.2. The third-order valence-electron chi connectivity index (χ3n) is 3.48. The van der Waals surface area contributed by atoms with E-state index in [1.165, 1.54) is 17.3 Å². The lowest BCUT2D eigenvalue weighted by atomic mass is 9.99. The minimum absolute atomic E-state index is 0.111. The van der Waals surface area contributed by atoms with Crippen molar-refractivity contribution >= 4 is 17.3 Å². The predicted octanol–water partition coefficient (Wildman–Crippen LogP) is 1.89. The van der Waals surface area contributed by atoms with Crippen molar-refractivity contribution in [3.05, 3.63) is 41.2 Å². The minimum atomic E-state index is -0.111. The number of hydrogen-bond donors (Lipinski definition) is 2. The molecule has 0 aliphatic carbocycles. The largest absolute Gasteiger partial charge is 0.396 e. The third kappa shape index (κ3) is 1.97. The van der Waals surface area contributed by atoms with Crippen LogP contribution in [0.1, 0.15) is 28.0 Å². The highest BCUT2D eigenvalue weighted by Crippen LogP contribution is 2.29. The van der Waals surface area contributed by atoms with Crippen molar-refractivity contribution in [2.24, 2.45) is 0 Å². The van der Waals surface area contributed by atoms with Crippen LogP contribution < -0.4 is 10.6 Å². The van der Waals surface area contributed by atoms with E-state index in [0.29, 0.717) is 17.9 Å². The molecule has 2 aromatic rings. The lowest BCUT2D eigenvalue weighted by Gasteiger charge is -2.29. The normalized spacial score (nSPS) is 14.3. The SMILES string of the molecule is Cc1ccc2c(c1)CCCN2C(=O)c1[nH]ncc1N. The number of rotatable bonds is 1. The number of nitrogens with zero attached hydrogens (tertiary/aromatic N) is 2. The first kappa shape index (κ1) is 11.8. The van der Waals surface area contributed by atoms with Crippen molar-refractivity contribution in [3.8, 4) is 0 Å². The second-order valence-electron chi connectivity index (χ2n) is 4.89. The summed E-state index contributed by atoms with van der Waals surface area (Å²) in [6, 6.07) is 6.18. The first-order valence-corrected chi connectivity index (χ1v) is 6.37. The van der Waals surface area contributed by atoms with E-state index in [1.54, 1.807) is 4.90 Å². The van der Waals surface area contributed by atoms with Crippen LogP contribution in [0.15, 0.2) is 24.4 Å². The Balaban J connectivity index is 2.00. The highest BCUT2D eigenvalue weighted by molar-refractivity contribution is 6.08. The molecule has 0 radical (unpaired) electrons. The molecule has 5 heteroatoms. The zero-order valence-electron chi connectivity index (χ0n) is 10.8. The summed E-state index contributed by atoms with van der Waals surface area (Å²) in [5.41, 5.74) is 9.93. The summed E-state index contributed by atoms with van der Waals surface area (Å²) in [6.45, 7) is 2.78. The minimum Gasteiger partial charge on any atom is -0.396 e. The van der Waals surface area contributed by atoms with Gasteiger partial charge in [-0.05, 0) is 31.4 Å². The molecule has 3 N–H and O–H groups in total. The number of fused-ring (bicyclic) bond motifs is 1. The van der Waals surface area contributed by atoms with Crippen LogP contribution in [0.2, 0.25) is 0 Å². The van der Waals surface area contributed by atoms with Gasteiger partial charge in [0.25, 0.3) is 5.91 Å². The van der Waals surface area contributed by atoms with Crippen molar-refractivity contribution < 1.29 is 4.79 Å². The molecule has 19 heavy (non-hydrogen) atoms.